The molecule has 1 aliphatic heterocycles. The molecule has 528 valence electrons. The van der Waals surface area contributed by atoms with E-state index in [0.717, 1.165) is 24.2 Å². The van der Waals surface area contributed by atoms with Crippen LogP contribution in [0, 0.1) is 41.4 Å². The zero-order valence-corrected chi connectivity index (χ0v) is 61.7. The number of aliphatic hydroxyl groups is 1. The van der Waals surface area contributed by atoms with Crippen molar-refractivity contribution in [3.8, 4) is 0 Å². The van der Waals surface area contributed by atoms with Crippen LogP contribution in [0.2, 0.25) is 0 Å². The van der Waals surface area contributed by atoms with Crippen molar-refractivity contribution in [3.05, 3.63) is 12.2 Å². The summed E-state index contributed by atoms with van der Waals surface area (Å²) >= 11 is 1.47. The minimum Gasteiger partial charge on any atom is -0.390 e. The van der Waals surface area contributed by atoms with Gasteiger partial charge < -0.3 is 60.7 Å². The van der Waals surface area contributed by atoms with Crippen molar-refractivity contribution in [2.24, 2.45) is 41.4 Å². The molecule has 24 heteroatoms. The van der Waals surface area contributed by atoms with Crippen molar-refractivity contribution in [1.29, 1.82) is 0 Å². The second-order valence-corrected chi connectivity index (χ2v) is 29.2. The molecule has 0 bridgehead atoms. The van der Waals surface area contributed by atoms with E-state index in [9.17, 15) is 29.1 Å². The minimum atomic E-state index is -1.62. The number of carbonyl (C=O) groups excluding carboxylic acids is 11. The highest BCUT2D eigenvalue weighted by Crippen LogP contribution is 2.27. The molecule has 0 aromatic rings. The van der Waals surface area contributed by atoms with Crippen molar-refractivity contribution in [2.45, 2.75) is 255 Å². The largest absolute Gasteiger partial charge is 0.390 e. The lowest BCUT2D eigenvalue weighted by Gasteiger charge is -2.41. The first-order chi connectivity index (χ1) is 42.7. The maximum atomic E-state index is 15.3. The van der Waals surface area contributed by atoms with Gasteiger partial charge in [0.15, 0.2) is 0 Å². The van der Waals surface area contributed by atoms with Crippen molar-refractivity contribution in [1.82, 2.24) is 55.6 Å². The molecule has 1 saturated heterocycles. The van der Waals surface area contributed by atoms with Crippen LogP contribution >= 0.6 is 11.8 Å². The van der Waals surface area contributed by atoms with Gasteiger partial charge in [-0.2, -0.15) is 11.8 Å². The number of allylic oxidation sites excluding steroid dienone is 2. The summed E-state index contributed by atoms with van der Waals surface area (Å²) in [6.45, 7) is 32.2. The predicted molar refractivity (Wildman–Crippen MR) is 364 cm³/mol. The van der Waals surface area contributed by atoms with Crippen molar-refractivity contribution in [2.75, 3.05) is 60.8 Å². The van der Waals surface area contributed by atoms with E-state index in [0.29, 0.717) is 12.2 Å². The summed E-state index contributed by atoms with van der Waals surface area (Å²) in [7, 11) is 10.1. The Morgan fingerprint density at radius 1 is 0.446 bits per heavy atom. The van der Waals surface area contributed by atoms with Gasteiger partial charge in [-0.25, -0.2) is 0 Å². The number of rotatable bonds is 21. The summed E-state index contributed by atoms with van der Waals surface area (Å²) in [5.74, 6) is -8.85. The molecule has 0 saturated carbocycles. The second-order valence-electron chi connectivity index (χ2n) is 28.1. The molecule has 1 aliphatic rings. The third-order valence-electron chi connectivity index (χ3n) is 17.6. The van der Waals surface area contributed by atoms with E-state index >= 15 is 28.8 Å². The summed E-state index contributed by atoms with van der Waals surface area (Å²) in [4.78, 5) is 172. The number of hydrogen-bond acceptors (Lipinski definition) is 13. The van der Waals surface area contributed by atoms with Gasteiger partial charge in [-0.1, -0.05) is 129 Å². The molecule has 5 N–H and O–H groups in total. The van der Waals surface area contributed by atoms with Gasteiger partial charge in [0.05, 0.1) is 6.10 Å². The zero-order valence-electron chi connectivity index (χ0n) is 60.9. The number of aliphatic hydroxyl groups excluding tert-OH is 1. The van der Waals surface area contributed by atoms with Crippen molar-refractivity contribution < 1.29 is 57.8 Å². The molecule has 23 nitrogen and oxygen atoms in total. The van der Waals surface area contributed by atoms with E-state index < -0.39 is 155 Å². The Hall–Kier alpha value is -5.78. The molecular weight excluding hydrogens is 1190 g/mol. The van der Waals surface area contributed by atoms with Crippen LogP contribution in [0.25, 0.3) is 0 Å². The van der Waals surface area contributed by atoms with Crippen LogP contribution in [0.4, 0.5) is 0 Å². The molecule has 1 fully saturated rings. The Balaban J connectivity index is 4.52. The first kappa shape index (κ1) is 84.2. The number of hydrogen-bond donors (Lipinski definition) is 5. The number of nitrogens with one attached hydrogen (secondary N) is 4. The summed E-state index contributed by atoms with van der Waals surface area (Å²) in [6.07, 6.45) is 5.76. The van der Waals surface area contributed by atoms with Gasteiger partial charge in [0, 0.05) is 55.1 Å². The molecule has 92 heavy (non-hydrogen) atoms. The highest BCUT2D eigenvalue weighted by molar-refractivity contribution is 7.99. The molecule has 0 aromatic heterocycles. The minimum absolute atomic E-state index is 0.0193. The first-order valence-electron chi connectivity index (χ1n) is 33.6. The predicted octanol–water partition coefficient (Wildman–Crippen LogP) is 5.56. The first-order valence-corrected chi connectivity index (χ1v) is 34.8. The molecular formula is C68H123N11O12S. The van der Waals surface area contributed by atoms with Gasteiger partial charge >= 0.3 is 0 Å². The van der Waals surface area contributed by atoms with E-state index in [2.05, 4.69) is 28.2 Å². The topological polar surface area (TPSA) is 279 Å². The monoisotopic (exact) mass is 1320 g/mol. The van der Waals surface area contributed by atoms with Crippen LogP contribution in [-0.2, 0) is 52.7 Å². The van der Waals surface area contributed by atoms with Gasteiger partial charge in [-0.3, -0.25) is 52.7 Å². The lowest BCUT2D eigenvalue weighted by molar-refractivity contribution is -0.157. The van der Waals surface area contributed by atoms with Gasteiger partial charge in [-0.05, 0) is 113 Å². The van der Waals surface area contributed by atoms with Crippen molar-refractivity contribution >= 4 is 76.7 Å². The van der Waals surface area contributed by atoms with E-state index in [4.69, 9.17) is 0 Å². The molecule has 0 spiro atoms. The molecule has 1 rings (SSSR count). The fraction of sp³-hybridized carbons (Fsp3) is 0.809. The summed E-state index contributed by atoms with van der Waals surface area (Å²) in [5, 5.41) is 23.5. The Kier molecular flexibility index (Phi) is 36.4. The SMILES string of the molecule is C/C=C/C[C@@H](C)[C@@H](O)[C@@H]1C(=O)N[C@H](CC)C(=O)N(C)[C@H](CSCCCCC)C(=O)N(C)[C@@H](CC(C)C)C(=O)N[C@H](C(C)C)C(=O)N(C)C(CC(C)C)C(=O)N[C@H](C)C(=O)N[C@@H](C)C(=O)N(C)[C@H](CC(C)C)C(=O)N(C)[C@H](CC(C)C)C(=O)N(C)[C@H](C(C)C)C(=O)N1C. The van der Waals surface area contributed by atoms with E-state index in [1.54, 1.807) is 47.6 Å². The molecule has 0 aliphatic carbocycles. The van der Waals surface area contributed by atoms with Crippen LogP contribution in [0.1, 0.15) is 182 Å². The Morgan fingerprint density at radius 3 is 1.32 bits per heavy atom. The lowest BCUT2D eigenvalue weighted by Crippen LogP contribution is -2.64. The molecule has 0 aromatic carbocycles. The number of nitrogens with zero attached hydrogens (tertiary/aromatic N) is 7. The normalized spacial score (nSPS) is 26.6. The number of thioether (sulfide) groups is 1. The Bertz CT molecular complexity index is 2480. The Labute approximate surface area is 557 Å². The smallest absolute Gasteiger partial charge is 0.246 e. The van der Waals surface area contributed by atoms with Crippen LogP contribution in [0.5, 0.6) is 0 Å². The third-order valence-corrected chi connectivity index (χ3v) is 18.7. The number of likely N-dealkylation sites (N-methyl/N-ethyl adjacent to an activating group) is 7. The zero-order chi connectivity index (χ0) is 71.1. The van der Waals surface area contributed by atoms with E-state index in [-0.39, 0.29) is 61.5 Å². The van der Waals surface area contributed by atoms with Gasteiger partial charge in [-0.15, -0.1) is 0 Å². The van der Waals surface area contributed by atoms with Crippen LogP contribution in [0.15, 0.2) is 12.2 Å². The fourth-order valence-electron chi connectivity index (χ4n) is 11.6. The van der Waals surface area contributed by atoms with E-state index in [1.807, 2.05) is 68.4 Å². The summed E-state index contributed by atoms with van der Waals surface area (Å²) in [5.41, 5.74) is 0. The molecule has 1 heterocycles. The third kappa shape index (κ3) is 24.2. The lowest BCUT2D eigenvalue weighted by atomic mass is 9.91. The molecule has 1 unspecified atom stereocenters. The summed E-state index contributed by atoms with van der Waals surface area (Å²) < 4.78 is 0. The van der Waals surface area contributed by atoms with Gasteiger partial charge in [0.25, 0.3) is 0 Å². The van der Waals surface area contributed by atoms with Crippen LogP contribution in [-0.4, -0.2) is 238 Å². The van der Waals surface area contributed by atoms with Gasteiger partial charge in [0.2, 0.25) is 65.0 Å². The molecule has 11 amide bonds. The molecule has 0 radical (unpaired) electrons. The molecule has 13 atom stereocenters. The van der Waals surface area contributed by atoms with Crippen LogP contribution in [0.3, 0.4) is 0 Å². The van der Waals surface area contributed by atoms with E-state index in [1.165, 1.54) is 104 Å². The average Bonchev–Trinajstić information content (AvgIpc) is 0.813. The highest BCUT2D eigenvalue weighted by atomic mass is 32.2. The van der Waals surface area contributed by atoms with Crippen LogP contribution < -0.4 is 21.3 Å². The maximum Gasteiger partial charge on any atom is 0.246 e. The number of amides is 11. The quantitative estimate of drug-likeness (QED) is 0.0696. The Morgan fingerprint density at radius 2 is 0.859 bits per heavy atom. The highest BCUT2D eigenvalue weighted by Gasteiger charge is 2.46. The van der Waals surface area contributed by atoms with Crippen molar-refractivity contribution in [3.63, 3.8) is 0 Å². The number of unbranched alkanes of at least 4 members (excludes halogenated alkanes) is 2. The maximum absolute atomic E-state index is 15.3. The fourth-order valence-corrected chi connectivity index (χ4v) is 12.8. The van der Waals surface area contributed by atoms with Gasteiger partial charge in [0.1, 0.15) is 66.5 Å². The summed E-state index contributed by atoms with van der Waals surface area (Å²) in [6, 6.07) is -13.6. The average molecular weight is 1320 g/mol. The number of carbonyl (C=O) groups is 11. The second kappa shape index (κ2) is 39.8. The standard InChI is InChI=1S/C68H123N11O12S/c1-26-29-31-33-92-38-53-66(89)73(19)50(35-40(6)7)60(83)72-54(43(12)13)67(90)74(20)49(34-39(4)5)59(82)69-46(17)58(81)70-47(18)62(85)75(21)51(36-41(8)9)64(87)76(22)52(37-42(10)11)65(88)78(24)55(44(14)15)68(91)79(25)56(57(80)45(16)32-30-27-2)61(84)71-48(28-3)63(86)77(53)23/h27,30,39-57,80H,26,28-29,31-38H2,1-25H3,(H,69,82)(H,70,81)(H,71,84)(H,72,83)/b30-27+/t45-,46-,47+,48-,49?,50+,51-,52-,53-,54-,55-,56-,57-/m1/s1.